The number of benzene rings is 3. The zero-order valence-electron chi connectivity index (χ0n) is 14.8. The highest BCUT2D eigenvalue weighted by Crippen LogP contribution is 2.19. The summed E-state index contributed by atoms with van der Waals surface area (Å²) >= 11 is 6.13. The first-order chi connectivity index (χ1) is 12.7. The Bertz CT molecular complexity index is 840. The lowest BCUT2D eigenvalue weighted by Gasteiger charge is -2.09. The number of hydrogen-bond donors (Lipinski definition) is 1. The minimum atomic E-state index is -0.144. The molecule has 27 heavy (non-hydrogen) atoms. The fourth-order valence-electron chi connectivity index (χ4n) is 2.64. The van der Waals surface area contributed by atoms with Gasteiger partial charge in [0.25, 0.3) is 0 Å². The van der Waals surface area contributed by atoms with Crippen molar-refractivity contribution in [3.8, 4) is 5.75 Å². The molecule has 0 spiro atoms. The monoisotopic (exact) mass is 405 g/mol. The van der Waals surface area contributed by atoms with Gasteiger partial charge >= 0.3 is 0 Å². The van der Waals surface area contributed by atoms with Crippen molar-refractivity contribution in [1.82, 2.24) is 5.32 Å². The predicted molar refractivity (Wildman–Crippen MR) is 111 cm³/mol. The molecule has 0 aliphatic heterocycles. The second-order valence-corrected chi connectivity index (χ2v) is 6.45. The van der Waals surface area contributed by atoms with Gasteiger partial charge in [0.15, 0.2) is 0 Å². The fourth-order valence-corrected chi connectivity index (χ4v) is 2.83. The van der Waals surface area contributed by atoms with Crippen LogP contribution in [0.5, 0.6) is 5.75 Å². The Morgan fingerprint density at radius 3 is 2.22 bits per heavy atom. The highest BCUT2D eigenvalue weighted by Gasteiger charge is 2.02. The van der Waals surface area contributed by atoms with E-state index in [2.05, 4.69) is 5.32 Å². The molecule has 3 aromatic rings. The third-order valence-corrected chi connectivity index (χ3v) is 4.50. The van der Waals surface area contributed by atoms with E-state index in [1.807, 2.05) is 60.7 Å². The zero-order chi connectivity index (χ0) is 18.2. The first kappa shape index (κ1) is 21.2. The van der Waals surface area contributed by atoms with E-state index in [0.717, 1.165) is 35.5 Å². The Morgan fingerprint density at radius 2 is 1.52 bits per heavy atom. The second kappa shape index (κ2) is 10.9. The summed E-state index contributed by atoms with van der Waals surface area (Å²) in [6.45, 7) is 1.91. The van der Waals surface area contributed by atoms with Crippen molar-refractivity contribution in [3.05, 3.63) is 100 Å². The summed E-state index contributed by atoms with van der Waals surface area (Å²) in [6.07, 6.45) is 0.672. The topological polar surface area (TPSA) is 21.3 Å². The van der Waals surface area contributed by atoms with Crippen molar-refractivity contribution in [2.75, 3.05) is 6.54 Å². The van der Waals surface area contributed by atoms with Gasteiger partial charge in [-0.3, -0.25) is 0 Å². The van der Waals surface area contributed by atoms with Crippen LogP contribution in [0.15, 0.2) is 72.8 Å². The van der Waals surface area contributed by atoms with Crippen LogP contribution in [0.4, 0.5) is 4.39 Å². The number of ether oxygens (including phenoxy) is 1. The van der Waals surface area contributed by atoms with Crippen LogP contribution in [-0.4, -0.2) is 6.54 Å². The maximum atomic E-state index is 13.6. The van der Waals surface area contributed by atoms with Gasteiger partial charge in [0.1, 0.15) is 18.2 Å². The lowest BCUT2D eigenvalue weighted by molar-refractivity contribution is 0.306. The molecule has 0 saturated heterocycles. The smallest absolute Gasteiger partial charge is 0.126 e. The van der Waals surface area contributed by atoms with E-state index in [1.54, 1.807) is 6.07 Å². The van der Waals surface area contributed by atoms with Crippen LogP contribution in [0.2, 0.25) is 5.02 Å². The molecule has 0 fully saturated rings. The average molecular weight is 406 g/mol. The molecule has 2 nitrogen and oxygen atoms in total. The number of rotatable bonds is 8. The molecule has 142 valence electrons. The standard InChI is InChI=1S/C22H21ClFNO.ClH/c23-21-7-3-1-6-19(21)16-26-20-11-9-17(10-12-20)15-25-14-13-18-5-2-4-8-22(18)24;/h1-12,25H,13-16H2;1H. The number of halogens is 3. The first-order valence-electron chi connectivity index (χ1n) is 8.61. The molecular weight excluding hydrogens is 384 g/mol. The highest BCUT2D eigenvalue weighted by atomic mass is 35.5. The molecule has 1 N–H and O–H groups in total. The Hall–Kier alpha value is -2.07. The molecule has 0 bridgehead atoms. The Morgan fingerprint density at radius 1 is 0.852 bits per heavy atom. The summed E-state index contributed by atoms with van der Waals surface area (Å²) in [5.74, 6) is 0.661. The van der Waals surface area contributed by atoms with Crippen molar-refractivity contribution in [2.24, 2.45) is 0 Å². The average Bonchev–Trinajstić information content (AvgIpc) is 2.67. The van der Waals surface area contributed by atoms with Gasteiger partial charge in [-0.15, -0.1) is 12.4 Å². The minimum absolute atomic E-state index is 0. The molecule has 0 aliphatic carbocycles. The van der Waals surface area contributed by atoms with Crippen molar-refractivity contribution in [3.63, 3.8) is 0 Å². The molecule has 0 radical (unpaired) electrons. The molecular formula is C22H22Cl2FNO. The largest absolute Gasteiger partial charge is 0.489 e. The Kier molecular flexibility index (Phi) is 8.59. The lowest BCUT2D eigenvalue weighted by atomic mass is 10.1. The van der Waals surface area contributed by atoms with E-state index in [4.69, 9.17) is 16.3 Å². The number of hydrogen-bond acceptors (Lipinski definition) is 2. The third kappa shape index (κ3) is 6.55. The third-order valence-electron chi connectivity index (χ3n) is 4.13. The molecule has 0 aliphatic rings. The van der Waals surface area contributed by atoms with Gasteiger partial charge in [0, 0.05) is 17.1 Å². The van der Waals surface area contributed by atoms with Crippen LogP contribution in [0.3, 0.4) is 0 Å². The van der Waals surface area contributed by atoms with Gasteiger partial charge in [-0.2, -0.15) is 0 Å². The van der Waals surface area contributed by atoms with E-state index in [1.165, 1.54) is 6.07 Å². The molecule has 0 heterocycles. The quantitative estimate of drug-likeness (QED) is 0.477. The van der Waals surface area contributed by atoms with Crippen LogP contribution < -0.4 is 10.1 Å². The van der Waals surface area contributed by atoms with Crippen LogP contribution >= 0.6 is 24.0 Å². The van der Waals surface area contributed by atoms with Crippen molar-refractivity contribution < 1.29 is 9.13 Å². The van der Waals surface area contributed by atoms with Crippen LogP contribution in [0, 0.1) is 5.82 Å². The second-order valence-electron chi connectivity index (χ2n) is 6.04. The maximum absolute atomic E-state index is 13.6. The summed E-state index contributed by atoms with van der Waals surface area (Å²) in [4.78, 5) is 0. The maximum Gasteiger partial charge on any atom is 0.126 e. The van der Waals surface area contributed by atoms with Gasteiger partial charge in [-0.1, -0.05) is 60.1 Å². The Balaban J connectivity index is 0.00000261. The van der Waals surface area contributed by atoms with E-state index in [0.29, 0.717) is 18.1 Å². The van der Waals surface area contributed by atoms with Crippen LogP contribution in [-0.2, 0) is 19.6 Å². The summed E-state index contributed by atoms with van der Waals surface area (Å²) in [7, 11) is 0. The van der Waals surface area contributed by atoms with Gasteiger partial charge in [-0.05, 0) is 48.4 Å². The van der Waals surface area contributed by atoms with E-state index >= 15 is 0 Å². The van der Waals surface area contributed by atoms with Crippen LogP contribution in [0.1, 0.15) is 16.7 Å². The van der Waals surface area contributed by atoms with E-state index in [9.17, 15) is 4.39 Å². The van der Waals surface area contributed by atoms with Gasteiger partial charge in [0.2, 0.25) is 0 Å². The molecule has 0 atom stereocenters. The fraction of sp³-hybridized carbons (Fsp3) is 0.182. The minimum Gasteiger partial charge on any atom is -0.489 e. The molecule has 0 aromatic heterocycles. The summed E-state index contributed by atoms with van der Waals surface area (Å²) in [5, 5.41) is 4.05. The normalized spacial score (nSPS) is 10.3. The zero-order valence-corrected chi connectivity index (χ0v) is 16.4. The lowest BCUT2D eigenvalue weighted by Crippen LogP contribution is -2.17. The SMILES string of the molecule is Cl.Fc1ccccc1CCNCc1ccc(OCc2ccccc2Cl)cc1. The molecule has 0 unspecified atom stereocenters. The summed E-state index contributed by atoms with van der Waals surface area (Å²) < 4.78 is 19.3. The Labute approximate surface area is 170 Å². The van der Waals surface area contributed by atoms with Crippen molar-refractivity contribution in [2.45, 2.75) is 19.6 Å². The highest BCUT2D eigenvalue weighted by molar-refractivity contribution is 6.31. The molecule has 5 heteroatoms. The molecule has 3 rings (SSSR count). The van der Waals surface area contributed by atoms with Gasteiger partial charge in [0.05, 0.1) is 0 Å². The van der Waals surface area contributed by atoms with E-state index < -0.39 is 0 Å². The molecule has 0 saturated carbocycles. The first-order valence-corrected chi connectivity index (χ1v) is 8.99. The van der Waals surface area contributed by atoms with Crippen molar-refractivity contribution in [1.29, 1.82) is 0 Å². The molecule has 0 amide bonds. The predicted octanol–water partition coefficient (Wildman–Crippen LogP) is 5.81. The number of nitrogens with one attached hydrogen (secondary N) is 1. The van der Waals surface area contributed by atoms with Crippen molar-refractivity contribution >= 4 is 24.0 Å². The van der Waals surface area contributed by atoms with E-state index in [-0.39, 0.29) is 18.2 Å². The van der Waals surface area contributed by atoms with Crippen LogP contribution in [0.25, 0.3) is 0 Å². The summed E-state index contributed by atoms with van der Waals surface area (Å²) in [6, 6.07) is 22.5. The van der Waals surface area contributed by atoms with Gasteiger partial charge in [-0.25, -0.2) is 4.39 Å². The van der Waals surface area contributed by atoms with Gasteiger partial charge < -0.3 is 10.1 Å². The summed E-state index contributed by atoms with van der Waals surface area (Å²) in [5.41, 5.74) is 2.86. The molecule has 3 aromatic carbocycles.